The van der Waals surface area contributed by atoms with E-state index in [2.05, 4.69) is 10.3 Å². The van der Waals surface area contributed by atoms with Crippen molar-refractivity contribution in [3.63, 3.8) is 0 Å². The number of aromatic nitrogens is 1. The summed E-state index contributed by atoms with van der Waals surface area (Å²) >= 11 is 0. The van der Waals surface area contributed by atoms with Crippen LogP contribution in [0.3, 0.4) is 0 Å². The molecule has 0 saturated heterocycles. The third-order valence-electron chi connectivity index (χ3n) is 4.57. The summed E-state index contributed by atoms with van der Waals surface area (Å²) in [4.78, 5) is 15.4. The Labute approximate surface area is 136 Å². The molecule has 0 aliphatic heterocycles. The molecule has 124 valence electrons. The minimum Gasteiger partial charge on any atom is -0.494 e. The monoisotopic (exact) mass is 316 g/mol. The normalized spacial score (nSPS) is 16.6. The number of rotatable bonds is 6. The van der Waals surface area contributed by atoms with Crippen LogP contribution in [0.1, 0.15) is 43.1 Å². The van der Waals surface area contributed by atoms with Gasteiger partial charge in [0.15, 0.2) is 0 Å². The lowest BCUT2D eigenvalue weighted by molar-refractivity contribution is 0.0837. The van der Waals surface area contributed by atoms with Crippen molar-refractivity contribution in [2.75, 3.05) is 13.2 Å². The van der Waals surface area contributed by atoms with E-state index in [0.29, 0.717) is 24.8 Å². The highest BCUT2D eigenvalue weighted by Crippen LogP contribution is 2.27. The molecule has 1 unspecified atom stereocenters. The van der Waals surface area contributed by atoms with E-state index in [9.17, 15) is 9.90 Å². The van der Waals surface area contributed by atoms with E-state index >= 15 is 0 Å². The van der Waals surface area contributed by atoms with Gasteiger partial charge in [-0.2, -0.15) is 0 Å². The summed E-state index contributed by atoms with van der Waals surface area (Å²) in [6, 6.07) is 7.54. The zero-order valence-corrected chi connectivity index (χ0v) is 13.5. The van der Waals surface area contributed by atoms with Crippen LogP contribution in [0.2, 0.25) is 0 Å². The molecular formula is C18H24N2O3. The number of H-pyrrole nitrogens is 1. The quantitative estimate of drug-likeness (QED) is 0.767. The molecule has 1 aliphatic rings. The van der Waals surface area contributed by atoms with Crippen molar-refractivity contribution in [1.82, 2.24) is 10.3 Å². The van der Waals surface area contributed by atoms with Gasteiger partial charge in [-0.1, -0.05) is 12.8 Å². The maximum atomic E-state index is 12.3. The second-order valence-corrected chi connectivity index (χ2v) is 6.19. The fraction of sp³-hybridized carbons (Fsp3) is 0.500. The Bertz CT molecular complexity index is 674. The Morgan fingerprint density at radius 2 is 2.17 bits per heavy atom. The summed E-state index contributed by atoms with van der Waals surface area (Å²) < 4.78 is 5.47. The number of amides is 1. The standard InChI is InChI=1S/C18H24N2O3/c1-2-23-14-8-7-13-9-16(20-15(13)10-14)18(22)19-11-17(21)12-5-3-4-6-12/h7-10,12,17,20-21H,2-6,11H2,1H3,(H,19,22). The maximum absolute atomic E-state index is 12.3. The van der Waals surface area contributed by atoms with Crippen LogP contribution in [0, 0.1) is 5.92 Å². The molecule has 5 nitrogen and oxygen atoms in total. The van der Waals surface area contributed by atoms with Gasteiger partial charge in [0, 0.05) is 23.5 Å². The van der Waals surface area contributed by atoms with Crippen molar-refractivity contribution in [3.8, 4) is 5.75 Å². The van der Waals surface area contributed by atoms with Crippen molar-refractivity contribution in [2.24, 2.45) is 5.92 Å². The zero-order valence-electron chi connectivity index (χ0n) is 13.5. The number of carbonyl (C=O) groups is 1. The molecule has 1 amide bonds. The van der Waals surface area contributed by atoms with Gasteiger partial charge in [0.1, 0.15) is 11.4 Å². The highest BCUT2D eigenvalue weighted by atomic mass is 16.5. The lowest BCUT2D eigenvalue weighted by Crippen LogP contribution is -2.35. The molecule has 1 aromatic carbocycles. The predicted octanol–water partition coefficient (Wildman–Crippen LogP) is 2.85. The largest absolute Gasteiger partial charge is 0.494 e. The van der Waals surface area contributed by atoms with E-state index in [1.807, 2.05) is 31.2 Å². The van der Waals surface area contributed by atoms with Crippen molar-refractivity contribution < 1.29 is 14.6 Å². The lowest BCUT2D eigenvalue weighted by atomic mass is 10.0. The molecule has 3 N–H and O–H groups in total. The molecule has 1 heterocycles. The molecule has 1 fully saturated rings. The number of hydrogen-bond donors (Lipinski definition) is 3. The third-order valence-corrected chi connectivity index (χ3v) is 4.57. The summed E-state index contributed by atoms with van der Waals surface area (Å²) in [5, 5.41) is 13.9. The summed E-state index contributed by atoms with van der Waals surface area (Å²) in [6.07, 6.45) is 4.03. The molecule has 1 aromatic heterocycles. The number of ether oxygens (including phenoxy) is 1. The van der Waals surface area contributed by atoms with Gasteiger partial charge < -0.3 is 20.1 Å². The van der Waals surface area contributed by atoms with Crippen LogP contribution in [-0.2, 0) is 0 Å². The van der Waals surface area contributed by atoms with Crippen LogP contribution in [-0.4, -0.2) is 35.3 Å². The molecule has 1 saturated carbocycles. The molecule has 2 aromatic rings. The Kier molecular flexibility index (Phi) is 4.86. The molecular weight excluding hydrogens is 292 g/mol. The average Bonchev–Trinajstić information content (AvgIpc) is 3.21. The highest BCUT2D eigenvalue weighted by molar-refractivity contribution is 5.98. The molecule has 1 atom stereocenters. The number of benzene rings is 1. The Hall–Kier alpha value is -2.01. The molecule has 5 heteroatoms. The summed E-state index contributed by atoms with van der Waals surface area (Å²) in [6.45, 7) is 2.86. The smallest absolute Gasteiger partial charge is 0.267 e. The van der Waals surface area contributed by atoms with Crippen molar-refractivity contribution in [2.45, 2.75) is 38.7 Å². The SMILES string of the molecule is CCOc1ccc2cc(C(=O)NCC(O)C3CCCC3)[nH]c2c1. The van der Waals surface area contributed by atoms with E-state index in [4.69, 9.17) is 4.74 Å². The molecule has 3 rings (SSSR count). The number of hydrogen-bond acceptors (Lipinski definition) is 3. The van der Waals surface area contributed by atoms with Crippen LogP contribution < -0.4 is 10.1 Å². The second kappa shape index (κ2) is 7.04. The first kappa shape index (κ1) is 15.9. The Morgan fingerprint density at radius 3 is 2.91 bits per heavy atom. The summed E-state index contributed by atoms with van der Waals surface area (Å²) in [5.74, 6) is 0.924. The number of fused-ring (bicyclic) bond motifs is 1. The highest BCUT2D eigenvalue weighted by Gasteiger charge is 2.23. The van der Waals surface area contributed by atoms with Crippen LogP contribution in [0.15, 0.2) is 24.3 Å². The van der Waals surface area contributed by atoms with Gasteiger partial charge >= 0.3 is 0 Å². The van der Waals surface area contributed by atoms with Gasteiger partial charge in [-0.3, -0.25) is 4.79 Å². The Morgan fingerprint density at radius 1 is 1.39 bits per heavy atom. The minimum absolute atomic E-state index is 0.184. The molecule has 0 radical (unpaired) electrons. The van der Waals surface area contributed by atoms with E-state index in [1.165, 1.54) is 12.8 Å². The third kappa shape index (κ3) is 3.67. The first-order valence-corrected chi connectivity index (χ1v) is 8.39. The molecule has 23 heavy (non-hydrogen) atoms. The summed E-state index contributed by atoms with van der Waals surface area (Å²) in [7, 11) is 0. The number of nitrogens with one attached hydrogen (secondary N) is 2. The van der Waals surface area contributed by atoms with E-state index in [1.54, 1.807) is 0 Å². The lowest BCUT2D eigenvalue weighted by Gasteiger charge is -2.17. The van der Waals surface area contributed by atoms with Crippen molar-refractivity contribution in [3.05, 3.63) is 30.0 Å². The number of aromatic amines is 1. The van der Waals surface area contributed by atoms with E-state index in [-0.39, 0.29) is 5.91 Å². The second-order valence-electron chi connectivity index (χ2n) is 6.19. The van der Waals surface area contributed by atoms with Gasteiger partial charge in [-0.15, -0.1) is 0 Å². The van der Waals surface area contributed by atoms with E-state index in [0.717, 1.165) is 29.5 Å². The van der Waals surface area contributed by atoms with Gasteiger partial charge in [-0.05, 0) is 43.9 Å². The van der Waals surface area contributed by atoms with Crippen molar-refractivity contribution >= 4 is 16.8 Å². The zero-order chi connectivity index (χ0) is 16.2. The first-order chi connectivity index (χ1) is 11.2. The number of aliphatic hydroxyl groups is 1. The van der Waals surface area contributed by atoms with E-state index < -0.39 is 6.10 Å². The van der Waals surface area contributed by atoms with Crippen molar-refractivity contribution in [1.29, 1.82) is 0 Å². The first-order valence-electron chi connectivity index (χ1n) is 8.39. The molecule has 0 bridgehead atoms. The maximum Gasteiger partial charge on any atom is 0.267 e. The van der Waals surface area contributed by atoms with Gasteiger partial charge in [0.2, 0.25) is 0 Å². The minimum atomic E-state index is -0.449. The summed E-state index contributed by atoms with van der Waals surface area (Å²) in [5.41, 5.74) is 1.38. The van der Waals surface area contributed by atoms with Crippen LogP contribution in [0.4, 0.5) is 0 Å². The Balaban J connectivity index is 1.63. The van der Waals surface area contributed by atoms with Crippen LogP contribution in [0.5, 0.6) is 5.75 Å². The van der Waals surface area contributed by atoms with Crippen LogP contribution >= 0.6 is 0 Å². The van der Waals surface area contributed by atoms with Gasteiger partial charge in [0.25, 0.3) is 5.91 Å². The molecule has 0 spiro atoms. The number of aliphatic hydroxyl groups excluding tert-OH is 1. The average molecular weight is 316 g/mol. The van der Waals surface area contributed by atoms with Gasteiger partial charge in [-0.25, -0.2) is 0 Å². The molecule has 1 aliphatic carbocycles. The number of carbonyl (C=O) groups excluding carboxylic acids is 1. The van der Waals surface area contributed by atoms with Gasteiger partial charge in [0.05, 0.1) is 12.7 Å². The topological polar surface area (TPSA) is 74.3 Å². The van der Waals surface area contributed by atoms with Crippen LogP contribution in [0.25, 0.3) is 10.9 Å². The fourth-order valence-corrected chi connectivity index (χ4v) is 3.29. The fourth-order valence-electron chi connectivity index (χ4n) is 3.29. The predicted molar refractivity (Wildman–Crippen MR) is 89.8 cm³/mol.